The second-order valence-corrected chi connectivity index (χ2v) is 6.73. The molecule has 2 aliphatic heterocycles. The molecule has 0 unspecified atom stereocenters. The van der Waals surface area contributed by atoms with Crippen LogP contribution in [0.3, 0.4) is 0 Å². The van der Waals surface area contributed by atoms with E-state index in [0.717, 1.165) is 5.90 Å². The summed E-state index contributed by atoms with van der Waals surface area (Å²) < 4.78 is 5.77. The van der Waals surface area contributed by atoms with Gasteiger partial charge in [-0.15, -0.1) is 0 Å². The molecule has 0 aromatic heterocycles. The number of hydrogen-bond acceptors (Lipinski definition) is 2. The molecule has 23 heavy (non-hydrogen) atoms. The molecule has 0 radical (unpaired) electrons. The maximum absolute atomic E-state index is 5.77. The van der Waals surface area contributed by atoms with Crippen LogP contribution in [0.25, 0.3) is 5.57 Å². The number of aliphatic imine (C=N–C) groups is 1. The Bertz CT molecular complexity index is 849. The Hall–Kier alpha value is -2.35. The molecule has 2 nitrogen and oxygen atoms in total. The second kappa shape index (κ2) is 4.58. The molecule has 3 aliphatic rings. The maximum Gasteiger partial charge on any atom is 0.199 e. The Morgan fingerprint density at radius 2 is 1.48 bits per heavy atom. The van der Waals surface area contributed by atoms with E-state index >= 15 is 0 Å². The minimum atomic E-state index is -0.356. The first-order valence-electron chi connectivity index (χ1n) is 8.05. The SMILES string of the molecule is COC1=N[C@]2(C)C(C)=C(c3ccccc3)[C@@]1(C)c1ccccc12. The molecular formula is C21H21NO. The molecule has 0 N–H and O–H groups in total. The van der Waals surface area contributed by atoms with Crippen molar-refractivity contribution in [2.45, 2.75) is 31.7 Å². The van der Waals surface area contributed by atoms with Crippen LogP contribution in [0.5, 0.6) is 0 Å². The van der Waals surface area contributed by atoms with E-state index in [-0.39, 0.29) is 11.0 Å². The van der Waals surface area contributed by atoms with Gasteiger partial charge >= 0.3 is 0 Å². The summed E-state index contributed by atoms with van der Waals surface area (Å²) >= 11 is 0. The smallest absolute Gasteiger partial charge is 0.199 e. The molecule has 0 saturated heterocycles. The Morgan fingerprint density at radius 1 is 0.870 bits per heavy atom. The predicted octanol–water partition coefficient (Wildman–Crippen LogP) is 4.71. The number of benzene rings is 2. The molecule has 0 amide bonds. The van der Waals surface area contributed by atoms with Crippen molar-refractivity contribution < 1.29 is 4.74 Å². The molecule has 0 fully saturated rings. The summed E-state index contributed by atoms with van der Waals surface area (Å²) in [7, 11) is 1.73. The van der Waals surface area contributed by atoms with E-state index < -0.39 is 0 Å². The lowest BCUT2D eigenvalue weighted by atomic mass is 9.58. The first kappa shape index (κ1) is 14.3. The third-order valence-electron chi connectivity index (χ3n) is 5.60. The molecule has 2 heterocycles. The largest absolute Gasteiger partial charge is 0.483 e. The Labute approximate surface area is 137 Å². The highest BCUT2D eigenvalue weighted by Crippen LogP contribution is 2.58. The van der Waals surface area contributed by atoms with Gasteiger partial charge in [0.1, 0.15) is 5.54 Å². The number of ether oxygens (including phenoxy) is 1. The molecule has 2 atom stereocenters. The average Bonchev–Trinajstić information content (AvgIpc) is 2.58. The predicted molar refractivity (Wildman–Crippen MR) is 94.6 cm³/mol. The van der Waals surface area contributed by atoms with E-state index in [4.69, 9.17) is 9.73 Å². The minimum absolute atomic E-state index is 0.339. The zero-order chi connectivity index (χ0) is 16.2. The number of methoxy groups -OCH3 is 1. The number of hydrogen-bond donors (Lipinski definition) is 0. The van der Waals surface area contributed by atoms with Crippen molar-refractivity contribution in [3.8, 4) is 0 Å². The van der Waals surface area contributed by atoms with Gasteiger partial charge in [-0.2, -0.15) is 0 Å². The van der Waals surface area contributed by atoms with Crippen LogP contribution in [-0.2, 0) is 15.7 Å². The lowest BCUT2D eigenvalue weighted by molar-refractivity contribution is 0.341. The van der Waals surface area contributed by atoms with Gasteiger partial charge in [-0.1, -0.05) is 54.6 Å². The monoisotopic (exact) mass is 303 g/mol. The summed E-state index contributed by atoms with van der Waals surface area (Å²) in [5, 5.41) is 0. The number of rotatable bonds is 1. The molecule has 1 aliphatic carbocycles. The van der Waals surface area contributed by atoms with Gasteiger partial charge in [-0.05, 0) is 48.6 Å². The maximum atomic E-state index is 5.77. The summed E-state index contributed by atoms with van der Waals surface area (Å²) in [4.78, 5) is 5.01. The van der Waals surface area contributed by atoms with E-state index in [1.54, 1.807) is 7.11 Å². The number of dihydropyridines is 1. The molecule has 116 valence electrons. The topological polar surface area (TPSA) is 21.6 Å². The van der Waals surface area contributed by atoms with Crippen molar-refractivity contribution >= 4 is 11.5 Å². The third kappa shape index (κ3) is 1.61. The van der Waals surface area contributed by atoms with Crippen molar-refractivity contribution in [3.63, 3.8) is 0 Å². The Morgan fingerprint density at radius 3 is 2.13 bits per heavy atom. The van der Waals surface area contributed by atoms with E-state index in [1.807, 2.05) is 0 Å². The second-order valence-electron chi connectivity index (χ2n) is 6.73. The van der Waals surface area contributed by atoms with Gasteiger partial charge in [-0.25, -0.2) is 4.99 Å². The fourth-order valence-electron chi connectivity index (χ4n) is 4.34. The van der Waals surface area contributed by atoms with Gasteiger partial charge in [-0.3, -0.25) is 0 Å². The zero-order valence-electron chi connectivity index (χ0n) is 14.1. The van der Waals surface area contributed by atoms with Crippen molar-refractivity contribution in [1.29, 1.82) is 0 Å². The highest BCUT2D eigenvalue weighted by Gasteiger charge is 2.54. The standard InChI is InChI=1S/C21H21NO/c1-14-18(15-10-6-5-7-11-15)20(2)16-12-8-9-13-17(16)21(14,3)22-19(20)23-4/h5-13H,1-4H3/t20-,21-/m1/s1. The van der Waals surface area contributed by atoms with Crippen LogP contribution < -0.4 is 0 Å². The molecule has 2 aromatic rings. The lowest BCUT2D eigenvalue weighted by Gasteiger charge is -2.50. The van der Waals surface area contributed by atoms with Gasteiger partial charge in [0, 0.05) is 0 Å². The van der Waals surface area contributed by atoms with Crippen LogP contribution in [0.1, 0.15) is 37.5 Å². The summed E-state index contributed by atoms with van der Waals surface area (Å²) in [6, 6.07) is 19.3. The van der Waals surface area contributed by atoms with Gasteiger partial charge in [0.25, 0.3) is 0 Å². The fraction of sp³-hybridized carbons (Fsp3) is 0.286. The summed E-state index contributed by atoms with van der Waals surface area (Å²) in [5.41, 5.74) is 5.79. The molecule has 2 heteroatoms. The van der Waals surface area contributed by atoms with Crippen molar-refractivity contribution in [2.24, 2.45) is 4.99 Å². The summed E-state index contributed by atoms with van der Waals surface area (Å²) in [6.45, 7) is 6.65. The van der Waals surface area contributed by atoms with Crippen molar-refractivity contribution in [1.82, 2.24) is 0 Å². The minimum Gasteiger partial charge on any atom is -0.483 e. The van der Waals surface area contributed by atoms with Crippen LogP contribution in [0, 0.1) is 0 Å². The normalized spacial score (nSPS) is 28.4. The van der Waals surface area contributed by atoms with E-state index in [1.165, 1.54) is 27.8 Å². The molecular weight excluding hydrogens is 282 g/mol. The third-order valence-corrected chi connectivity index (χ3v) is 5.60. The van der Waals surface area contributed by atoms with Crippen LogP contribution in [0.2, 0.25) is 0 Å². The Kier molecular flexibility index (Phi) is 2.84. The van der Waals surface area contributed by atoms with Gasteiger partial charge in [0.05, 0.1) is 12.5 Å². The van der Waals surface area contributed by atoms with Crippen LogP contribution in [0.15, 0.2) is 65.2 Å². The number of nitrogens with zero attached hydrogens (tertiary/aromatic N) is 1. The Balaban J connectivity index is 2.10. The van der Waals surface area contributed by atoms with Crippen molar-refractivity contribution in [2.75, 3.05) is 7.11 Å². The first-order chi connectivity index (χ1) is 11.0. The van der Waals surface area contributed by atoms with E-state index in [0.29, 0.717) is 0 Å². The highest BCUT2D eigenvalue weighted by molar-refractivity contribution is 6.07. The summed E-state index contributed by atoms with van der Waals surface area (Å²) in [6.07, 6.45) is 0. The molecule has 2 bridgehead atoms. The average molecular weight is 303 g/mol. The van der Waals surface area contributed by atoms with E-state index in [2.05, 4.69) is 75.4 Å². The van der Waals surface area contributed by atoms with Crippen LogP contribution in [-0.4, -0.2) is 13.0 Å². The quantitative estimate of drug-likeness (QED) is 0.748. The molecule has 0 saturated carbocycles. The zero-order valence-corrected chi connectivity index (χ0v) is 14.1. The molecule has 5 rings (SSSR count). The van der Waals surface area contributed by atoms with E-state index in [9.17, 15) is 0 Å². The highest BCUT2D eigenvalue weighted by atomic mass is 16.5. The first-order valence-corrected chi connectivity index (χ1v) is 8.05. The van der Waals surface area contributed by atoms with Crippen LogP contribution in [0.4, 0.5) is 0 Å². The molecule has 2 aromatic carbocycles. The van der Waals surface area contributed by atoms with Gasteiger partial charge in [0.15, 0.2) is 5.90 Å². The van der Waals surface area contributed by atoms with Gasteiger partial charge < -0.3 is 4.74 Å². The fourth-order valence-corrected chi connectivity index (χ4v) is 4.34. The molecule has 0 spiro atoms. The van der Waals surface area contributed by atoms with Gasteiger partial charge in [0.2, 0.25) is 0 Å². The van der Waals surface area contributed by atoms with Crippen molar-refractivity contribution in [3.05, 3.63) is 76.9 Å². The lowest BCUT2D eigenvalue weighted by Crippen LogP contribution is -2.49. The summed E-state index contributed by atoms with van der Waals surface area (Å²) in [5.74, 6) is 0.808. The van der Waals surface area contributed by atoms with Crippen LogP contribution >= 0.6 is 0 Å².